The van der Waals surface area contributed by atoms with Gasteiger partial charge in [-0.15, -0.1) is 32.9 Å². The number of aromatic nitrogens is 4. The summed E-state index contributed by atoms with van der Waals surface area (Å²) in [7, 11) is 3.64. The van der Waals surface area contributed by atoms with Crippen molar-refractivity contribution in [1.82, 2.24) is 19.7 Å². The molecule has 0 spiro atoms. The lowest BCUT2D eigenvalue weighted by Gasteiger charge is -2.05. The Kier molecular flexibility index (Phi) is 5.05. The van der Waals surface area contributed by atoms with E-state index in [9.17, 15) is 0 Å². The molecule has 0 unspecified atom stereocenters. The van der Waals surface area contributed by atoms with Crippen LogP contribution in [0.2, 0.25) is 0 Å². The quantitative estimate of drug-likeness (QED) is 0.428. The van der Waals surface area contributed by atoms with Crippen LogP contribution >= 0.6 is 34.4 Å². The fourth-order valence-corrected chi connectivity index (χ4v) is 5.02. The molecule has 3 heterocycles. The molecular formula is C18H16N4OS3. The Balaban J connectivity index is 1.48. The van der Waals surface area contributed by atoms with Crippen molar-refractivity contribution >= 4 is 34.4 Å². The molecule has 4 rings (SSSR count). The van der Waals surface area contributed by atoms with Crippen LogP contribution in [0.15, 0.2) is 52.3 Å². The van der Waals surface area contributed by atoms with E-state index in [0.717, 1.165) is 38.7 Å². The van der Waals surface area contributed by atoms with Gasteiger partial charge in [-0.3, -0.25) is 0 Å². The maximum absolute atomic E-state index is 5.29. The molecule has 0 atom stereocenters. The fourth-order valence-electron chi connectivity index (χ4n) is 2.48. The third-order valence-electron chi connectivity index (χ3n) is 3.80. The molecular weight excluding hydrogens is 384 g/mol. The van der Waals surface area contributed by atoms with Crippen molar-refractivity contribution in [1.29, 1.82) is 0 Å². The minimum absolute atomic E-state index is 0.770. The van der Waals surface area contributed by atoms with E-state index in [2.05, 4.69) is 33.1 Å². The summed E-state index contributed by atoms with van der Waals surface area (Å²) in [4.78, 5) is 5.93. The van der Waals surface area contributed by atoms with E-state index in [1.165, 1.54) is 4.88 Å². The zero-order valence-corrected chi connectivity index (χ0v) is 16.7. The van der Waals surface area contributed by atoms with Crippen LogP contribution in [0.1, 0.15) is 5.69 Å². The van der Waals surface area contributed by atoms with Crippen molar-refractivity contribution in [3.05, 3.63) is 52.9 Å². The van der Waals surface area contributed by atoms with Gasteiger partial charge in [-0.1, -0.05) is 30.0 Å². The van der Waals surface area contributed by atoms with Crippen LogP contribution in [0.5, 0.6) is 5.75 Å². The van der Waals surface area contributed by atoms with Crippen molar-refractivity contribution in [3.63, 3.8) is 0 Å². The molecule has 0 radical (unpaired) electrons. The van der Waals surface area contributed by atoms with Crippen LogP contribution in [0.4, 0.5) is 0 Å². The predicted octanol–water partition coefficient (Wildman–Crippen LogP) is 4.97. The number of nitrogens with zero attached hydrogens (tertiary/aromatic N) is 4. The number of thiophene rings is 1. The summed E-state index contributed by atoms with van der Waals surface area (Å²) < 4.78 is 7.30. The van der Waals surface area contributed by atoms with Crippen LogP contribution in [0.25, 0.3) is 21.3 Å². The lowest BCUT2D eigenvalue weighted by Crippen LogP contribution is -1.95. The second-order valence-corrected chi connectivity index (χ2v) is 8.26. The van der Waals surface area contributed by atoms with Gasteiger partial charge >= 0.3 is 0 Å². The third-order valence-corrected chi connectivity index (χ3v) is 6.78. The van der Waals surface area contributed by atoms with Crippen LogP contribution in [-0.2, 0) is 12.8 Å². The zero-order valence-electron chi connectivity index (χ0n) is 14.2. The van der Waals surface area contributed by atoms with Gasteiger partial charge in [0.2, 0.25) is 0 Å². The van der Waals surface area contributed by atoms with Gasteiger partial charge in [0.25, 0.3) is 0 Å². The summed E-state index contributed by atoms with van der Waals surface area (Å²) in [6.45, 7) is 0. The van der Waals surface area contributed by atoms with Gasteiger partial charge in [-0.2, -0.15) is 0 Å². The normalized spacial score (nSPS) is 11.0. The average Bonchev–Trinajstić information content (AvgIpc) is 3.41. The lowest BCUT2D eigenvalue weighted by molar-refractivity contribution is 0.415. The molecule has 8 heteroatoms. The van der Waals surface area contributed by atoms with Gasteiger partial charge in [0.1, 0.15) is 10.8 Å². The Morgan fingerprint density at radius 1 is 1.15 bits per heavy atom. The topological polar surface area (TPSA) is 52.8 Å². The van der Waals surface area contributed by atoms with E-state index in [1.54, 1.807) is 41.5 Å². The minimum atomic E-state index is 0.770. The standard InChI is InChI=1S/C18H16N4OS3/c1-22-16(12-5-3-6-14(9-12)23-2)20-21-18(22)26-11-13-10-25-17(19-13)15-7-4-8-24-15/h3-10H,11H2,1-2H3. The van der Waals surface area contributed by atoms with Crippen LogP contribution in [0, 0.1) is 0 Å². The van der Waals surface area contributed by atoms with Gasteiger partial charge in [0.15, 0.2) is 11.0 Å². The number of benzene rings is 1. The first-order chi connectivity index (χ1) is 12.7. The van der Waals surface area contributed by atoms with Gasteiger partial charge in [0.05, 0.1) is 17.7 Å². The molecule has 0 aliphatic rings. The highest BCUT2D eigenvalue weighted by atomic mass is 32.2. The van der Waals surface area contributed by atoms with Crippen LogP contribution < -0.4 is 4.74 Å². The van der Waals surface area contributed by atoms with E-state index in [1.807, 2.05) is 35.9 Å². The minimum Gasteiger partial charge on any atom is -0.497 e. The second-order valence-electron chi connectivity index (χ2n) is 5.51. The maximum Gasteiger partial charge on any atom is 0.191 e. The van der Waals surface area contributed by atoms with Crippen molar-refractivity contribution in [3.8, 4) is 27.0 Å². The Labute approximate surface area is 163 Å². The summed E-state index contributed by atoms with van der Waals surface area (Å²) in [6, 6.07) is 12.0. The van der Waals surface area contributed by atoms with Gasteiger partial charge in [-0.05, 0) is 23.6 Å². The predicted molar refractivity (Wildman–Crippen MR) is 108 cm³/mol. The van der Waals surface area contributed by atoms with Crippen molar-refractivity contribution in [2.45, 2.75) is 10.9 Å². The van der Waals surface area contributed by atoms with E-state index < -0.39 is 0 Å². The van der Waals surface area contributed by atoms with Crippen molar-refractivity contribution in [2.75, 3.05) is 7.11 Å². The summed E-state index contributed by atoms with van der Waals surface area (Å²) in [5.74, 6) is 2.40. The smallest absolute Gasteiger partial charge is 0.191 e. The van der Waals surface area contributed by atoms with Gasteiger partial charge in [0, 0.05) is 23.7 Å². The number of ether oxygens (including phenoxy) is 1. The third kappa shape index (κ3) is 3.53. The van der Waals surface area contributed by atoms with E-state index >= 15 is 0 Å². The molecule has 0 aliphatic heterocycles. The molecule has 0 fully saturated rings. The van der Waals surface area contributed by atoms with E-state index in [-0.39, 0.29) is 0 Å². The number of rotatable bonds is 6. The first-order valence-electron chi connectivity index (χ1n) is 7.89. The highest BCUT2D eigenvalue weighted by Crippen LogP contribution is 2.31. The largest absolute Gasteiger partial charge is 0.497 e. The zero-order chi connectivity index (χ0) is 17.9. The van der Waals surface area contributed by atoms with E-state index in [0.29, 0.717) is 0 Å². The molecule has 1 aromatic carbocycles. The van der Waals surface area contributed by atoms with Crippen LogP contribution in [-0.4, -0.2) is 26.9 Å². The molecule has 3 aromatic heterocycles. The van der Waals surface area contributed by atoms with Crippen LogP contribution in [0.3, 0.4) is 0 Å². The van der Waals surface area contributed by atoms with E-state index in [4.69, 9.17) is 9.72 Å². The Bertz CT molecular complexity index is 1010. The molecule has 26 heavy (non-hydrogen) atoms. The Morgan fingerprint density at radius 3 is 2.88 bits per heavy atom. The Hall–Kier alpha value is -2.16. The fraction of sp³-hybridized carbons (Fsp3) is 0.167. The van der Waals surface area contributed by atoms with Gasteiger partial charge < -0.3 is 9.30 Å². The number of thioether (sulfide) groups is 1. The molecule has 4 aromatic rings. The SMILES string of the molecule is COc1cccc(-c2nnc(SCc3csc(-c4cccs4)n3)n2C)c1. The number of hydrogen-bond acceptors (Lipinski definition) is 7. The molecule has 0 bridgehead atoms. The summed E-state index contributed by atoms with van der Waals surface area (Å²) in [5.41, 5.74) is 2.05. The highest BCUT2D eigenvalue weighted by Gasteiger charge is 2.13. The second kappa shape index (κ2) is 7.61. The first-order valence-corrected chi connectivity index (χ1v) is 10.6. The Morgan fingerprint density at radius 2 is 2.08 bits per heavy atom. The number of thiazole rings is 1. The average molecular weight is 401 g/mol. The molecule has 0 saturated carbocycles. The van der Waals surface area contributed by atoms with Crippen molar-refractivity contribution in [2.24, 2.45) is 7.05 Å². The molecule has 0 amide bonds. The van der Waals surface area contributed by atoms with Crippen molar-refractivity contribution < 1.29 is 4.74 Å². The molecule has 0 saturated heterocycles. The molecule has 5 nitrogen and oxygen atoms in total. The lowest BCUT2D eigenvalue weighted by atomic mass is 10.2. The molecule has 0 N–H and O–H groups in total. The van der Waals surface area contributed by atoms with Gasteiger partial charge in [-0.25, -0.2) is 4.98 Å². The summed E-state index contributed by atoms with van der Waals surface area (Å²) >= 11 is 5.04. The first kappa shape index (κ1) is 17.3. The number of methoxy groups -OCH3 is 1. The molecule has 0 aliphatic carbocycles. The summed E-state index contributed by atoms with van der Waals surface area (Å²) in [6.07, 6.45) is 0. The maximum atomic E-state index is 5.29. The molecule has 132 valence electrons. The highest BCUT2D eigenvalue weighted by molar-refractivity contribution is 7.98. The summed E-state index contributed by atoms with van der Waals surface area (Å²) in [5, 5.41) is 14.8. The number of hydrogen-bond donors (Lipinski definition) is 0. The monoisotopic (exact) mass is 400 g/mol.